The van der Waals surface area contributed by atoms with Gasteiger partial charge in [-0.05, 0) is 75.5 Å². The van der Waals surface area contributed by atoms with Crippen LogP contribution in [0.2, 0.25) is 0 Å². The number of benzene rings is 10. The molecule has 0 amide bonds. The first-order valence-electron chi connectivity index (χ1n) is 22.3. The van der Waals surface area contributed by atoms with Crippen molar-refractivity contribution in [1.29, 1.82) is 0 Å². The molecule has 0 fully saturated rings. The molecule has 310 valence electrons. The molecule has 10 aromatic carbocycles. The van der Waals surface area contributed by atoms with Crippen molar-refractivity contribution in [3.05, 3.63) is 193 Å². The van der Waals surface area contributed by atoms with Gasteiger partial charge in [-0.2, -0.15) is 0 Å². The van der Waals surface area contributed by atoms with Crippen LogP contribution in [-0.4, -0.2) is 0 Å². The molecule has 0 radical (unpaired) electrons. The van der Waals surface area contributed by atoms with Crippen molar-refractivity contribution in [2.45, 2.75) is 52.4 Å². The largest absolute Gasteiger partial charge is 0.454 e. The predicted octanol–water partition coefficient (Wildman–Crippen LogP) is 17.9. The molecule has 0 N–H and O–H groups in total. The first-order valence-corrected chi connectivity index (χ1v) is 22.3. The topological polar surface area (TPSA) is 32.8 Å². The zero-order valence-corrected chi connectivity index (χ0v) is 37.0. The highest BCUT2D eigenvalue weighted by Gasteiger charge is 2.29. The molecule has 4 nitrogen and oxygen atoms in total. The molecule has 2 heterocycles. The van der Waals surface area contributed by atoms with E-state index in [1.165, 1.54) is 32.7 Å². The third-order valence-corrected chi connectivity index (χ3v) is 13.2. The Bertz CT molecular complexity index is 3510. The summed E-state index contributed by atoms with van der Waals surface area (Å²) in [6.45, 7) is 13.5. The van der Waals surface area contributed by atoms with Crippen molar-refractivity contribution >= 4 is 110 Å². The van der Waals surface area contributed by atoms with E-state index in [-0.39, 0.29) is 10.8 Å². The zero-order chi connectivity index (χ0) is 43.5. The van der Waals surface area contributed by atoms with E-state index >= 15 is 0 Å². The normalized spacial score (nSPS) is 12.5. The van der Waals surface area contributed by atoms with Crippen LogP contribution in [0.15, 0.2) is 191 Å². The summed E-state index contributed by atoms with van der Waals surface area (Å²) in [7, 11) is 0. The van der Waals surface area contributed by atoms with Gasteiger partial charge in [0.15, 0.2) is 11.2 Å². The van der Waals surface area contributed by atoms with E-state index in [9.17, 15) is 0 Å². The minimum absolute atomic E-state index is 0.0900. The van der Waals surface area contributed by atoms with Gasteiger partial charge in [0.05, 0.1) is 22.7 Å². The standard InChI is InChI=1S/C60H48N2O2/c1-59(2,3)47-31-15-25-41-43-27-17-33-49(57(43)63-55(41)47)61(39-21-9-7-10-22-39)51-35-37-19-13-20-38-36-52(46-30-14-29-45(51)54(46)53(37)38)62(40-23-11-8-12-24-40)50-34-18-28-44-42-26-16-32-48(60(4,5)6)56(42)64-58(44)50/h7-36H,1-6H3. The summed E-state index contributed by atoms with van der Waals surface area (Å²) in [6.07, 6.45) is 0. The number of para-hydroxylation sites is 6. The molecule has 12 aromatic rings. The van der Waals surface area contributed by atoms with Gasteiger partial charge in [-0.15, -0.1) is 0 Å². The fourth-order valence-corrected chi connectivity index (χ4v) is 10.3. The van der Waals surface area contributed by atoms with Crippen LogP contribution in [-0.2, 0) is 10.8 Å². The lowest BCUT2D eigenvalue weighted by molar-refractivity contribution is 0.572. The van der Waals surface area contributed by atoms with Gasteiger partial charge in [0.1, 0.15) is 11.2 Å². The maximum Gasteiger partial charge on any atom is 0.159 e. The first kappa shape index (κ1) is 38.1. The molecule has 0 aliphatic rings. The maximum atomic E-state index is 7.08. The van der Waals surface area contributed by atoms with Gasteiger partial charge in [-0.25, -0.2) is 0 Å². The van der Waals surface area contributed by atoms with Crippen LogP contribution < -0.4 is 9.80 Å². The van der Waals surface area contributed by atoms with E-state index in [0.29, 0.717) is 0 Å². The number of furan rings is 2. The average Bonchev–Trinajstić information content (AvgIpc) is 3.88. The van der Waals surface area contributed by atoms with E-state index in [2.05, 4.69) is 233 Å². The van der Waals surface area contributed by atoms with Crippen LogP contribution in [0.25, 0.3) is 76.2 Å². The highest BCUT2D eigenvalue weighted by molar-refractivity contribution is 6.30. The molecule has 0 unspecified atom stereocenters. The van der Waals surface area contributed by atoms with Crippen molar-refractivity contribution < 1.29 is 8.83 Å². The maximum absolute atomic E-state index is 7.08. The molecule has 0 aliphatic carbocycles. The van der Waals surface area contributed by atoms with Crippen LogP contribution in [0.3, 0.4) is 0 Å². The summed E-state index contributed by atoms with van der Waals surface area (Å²) in [5, 5.41) is 11.6. The number of anilines is 6. The summed E-state index contributed by atoms with van der Waals surface area (Å²) in [4.78, 5) is 4.81. The van der Waals surface area contributed by atoms with Gasteiger partial charge in [0.25, 0.3) is 0 Å². The Kier molecular flexibility index (Phi) is 8.33. The third-order valence-electron chi connectivity index (χ3n) is 13.2. The minimum Gasteiger partial charge on any atom is -0.454 e. The fraction of sp³-hybridized carbons (Fsp3) is 0.133. The monoisotopic (exact) mass is 828 g/mol. The Hall–Kier alpha value is -7.56. The fourth-order valence-electron chi connectivity index (χ4n) is 10.3. The third kappa shape index (κ3) is 5.75. The lowest BCUT2D eigenvalue weighted by Crippen LogP contribution is -2.12. The second-order valence-electron chi connectivity index (χ2n) is 19.3. The van der Waals surface area contributed by atoms with Crippen LogP contribution in [0.5, 0.6) is 0 Å². The second-order valence-corrected chi connectivity index (χ2v) is 19.3. The summed E-state index contributed by atoms with van der Waals surface area (Å²) >= 11 is 0. The Morgan fingerprint density at radius 2 is 0.672 bits per heavy atom. The molecule has 64 heavy (non-hydrogen) atoms. The van der Waals surface area contributed by atoms with Crippen LogP contribution >= 0.6 is 0 Å². The van der Waals surface area contributed by atoms with Crippen LogP contribution in [0, 0.1) is 0 Å². The first-order chi connectivity index (χ1) is 31.0. The lowest BCUT2D eigenvalue weighted by atomic mass is 9.86. The quantitative estimate of drug-likeness (QED) is 0.156. The van der Waals surface area contributed by atoms with Gasteiger partial charge in [-0.3, -0.25) is 0 Å². The summed E-state index contributed by atoms with van der Waals surface area (Å²) in [5.41, 5.74) is 12.1. The van der Waals surface area contributed by atoms with Crippen molar-refractivity contribution in [2.75, 3.05) is 9.80 Å². The Labute approximate surface area is 372 Å². The summed E-state index contributed by atoms with van der Waals surface area (Å²) in [6, 6.07) is 66.0. The highest BCUT2D eigenvalue weighted by atomic mass is 16.3. The second kappa shape index (κ2) is 14.0. The average molecular weight is 829 g/mol. The zero-order valence-electron chi connectivity index (χ0n) is 37.0. The van der Waals surface area contributed by atoms with Crippen LogP contribution in [0.1, 0.15) is 52.7 Å². The number of hydrogen-bond acceptors (Lipinski definition) is 4. The predicted molar refractivity (Wildman–Crippen MR) is 271 cm³/mol. The van der Waals surface area contributed by atoms with Gasteiger partial charge >= 0.3 is 0 Å². The van der Waals surface area contributed by atoms with Crippen molar-refractivity contribution in [3.63, 3.8) is 0 Å². The van der Waals surface area contributed by atoms with E-state index < -0.39 is 0 Å². The summed E-state index contributed by atoms with van der Waals surface area (Å²) in [5.74, 6) is 0. The molecule has 0 atom stereocenters. The van der Waals surface area contributed by atoms with Gasteiger partial charge in [-0.1, -0.05) is 175 Å². The number of nitrogens with zero attached hydrogens (tertiary/aromatic N) is 2. The van der Waals surface area contributed by atoms with E-state index in [4.69, 9.17) is 8.83 Å². The van der Waals surface area contributed by atoms with Crippen molar-refractivity contribution in [3.8, 4) is 0 Å². The SMILES string of the molecule is CC(C)(C)c1cccc2c1oc1c(N(c3ccccc3)c3cc4cccc5cc(N(c6ccccc6)c6cccc7c6oc6c(C(C)(C)C)cccc67)c6cccc3c6c45)cccc12. The number of rotatable bonds is 6. The molecule has 0 spiro atoms. The lowest BCUT2D eigenvalue weighted by Gasteiger charge is -2.30. The molecule has 0 saturated carbocycles. The van der Waals surface area contributed by atoms with Gasteiger partial charge in [0, 0.05) is 60.2 Å². The minimum atomic E-state index is -0.0900. The van der Waals surface area contributed by atoms with Crippen molar-refractivity contribution in [1.82, 2.24) is 0 Å². The molecular formula is C60H48N2O2. The number of fused-ring (bicyclic) bond motifs is 6. The molecule has 4 heteroatoms. The van der Waals surface area contributed by atoms with E-state index in [0.717, 1.165) is 88.8 Å². The molecule has 12 rings (SSSR count). The molecule has 0 aliphatic heterocycles. The summed E-state index contributed by atoms with van der Waals surface area (Å²) < 4.78 is 14.2. The Morgan fingerprint density at radius 3 is 1.09 bits per heavy atom. The molecule has 0 bridgehead atoms. The highest BCUT2D eigenvalue weighted by Crippen LogP contribution is 2.52. The van der Waals surface area contributed by atoms with E-state index in [1.807, 2.05) is 0 Å². The number of hydrogen-bond donors (Lipinski definition) is 0. The molecular weight excluding hydrogens is 781 g/mol. The molecule has 2 aromatic heterocycles. The Balaban J connectivity index is 1.16. The van der Waals surface area contributed by atoms with Crippen molar-refractivity contribution in [2.24, 2.45) is 0 Å². The van der Waals surface area contributed by atoms with Gasteiger partial charge < -0.3 is 18.6 Å². The van der Waals surface area contributed by atoms with Gasteiger partial charge in [0.2, 0.25) is 0 Å². The molecule has 0 saturated heterocycles. The Morgan fingerprint density at radius 1 is 0.312 bits per heavy atom. The smallest absolute Gasteiger partial charge is 0.159 e. The van der Waals surface area contributed by atoms with Crippen LogP contribution in [0.4, 0.5) is 34.1 Å². The van der Waals surface area contributed by atoms with E-state index in [1.54, 1.807) is 0 Å².